The molecule has 1 aromatic rings. The van der Waals surface area contributed by atoms with Crippen molar-refractivity contribution in [3.63, 3.8) is 0 Å². The molecule has 0 spiro atoms. The number of nitrogens with zero attached hydrogens (tertiary/aromatic N) is 1. The van der Waals surface area contributed by atoms with Crippen molar-refractivity contribution in [3.05, 3.63) is 28.3 Å². The second-order valence-corrected chi connectivity index (χ2v) is 3.28. The zero-order valence-corrected chi connectivity index (χ0v) is 7.51. The fourth-order valence-corrected chi connectivity index (χ4v) is 1.58. The van der Waals surface area contributed by atoms with Crippen LogP contribution in [0.1, 0.15) is 17.2 Å². The fourth-order valence-electron chi connectivity index (χ4n) is 1.39. The molecule has 4 heteroatoms. The Morgan fingerprint density at radius 1 is 1.62 bits per heavy atom. The molecule has 0 saturated heterocycles. The minimum Gasteiger partial charge on any atom is -0.490 e. The molecule has 0 aromatic heterocycles. The molecule has 0 bridgehead atoms. The Morgan fingerprint density at radius 3 is 3.08 bits per heavy atom. The third-order valence-corrected chi connectivity index (χ3v) is 2.37. The zero-order chi connectivity index (χ0) is 9.42. The van der Waals surface area contributed by atoms with E-state index in [1.807, 2.05) is 6.07 Å². The van der Waals surface area contributed by atoms with Crippen LogP contribution in [0.5, 0.6) is 5.75 Å². The summed E-state index contributed by atoms with van der Waals surface area (Å²) in [6.45, 7) is 0.421. The van der Waals surface area contributed by atoms with Crippen molar-refractivity contribution >= 4 is 11.6 Å². The van der Waals surface area contributed by atoms with E-state index < -0.39 is 0 Å². The number of ether oxygens (including phenoxy) is 1. The van der Waals surface area contributed by atoms with Crippen LogP contribution in [0.2, 0.25) is 5.02 Å². The van der Waals surface area contributed by atoms with E-state index in [-0.39, 0.29) is 6.04 Å². The third-order valence-electron chi connectivity index (χ3n) is 2.06. The van der Waals surface area contributed by atoms with Crippen molar-refractivity contribution in [2.45, 2.75) is 6.04 Å². The highest BCUT2D eigenvalue weighted by Gasteiger charge is 2.24. The normalized spacial score (nSPS) is 19.0. The smallest absolute Gasteiger partial charge is 0.143 e. The first-order chi connectivity index (χ1) is 6.24. The Kier molecular flexibility index (Phi) is 1.87. The summed E-state index contributed by atoms with van der Waals surface area (Å²) < 4.78 is 5.28. The van der Waals surface area contributed by atoms with Crippen molar-refractivity contribution in [1.82, 2.24) is 0 Å². The van der Waals surface area contributed by atoms with E-state index in [9.17, 15) is 0 Å². The third kappa shape index (κ3) is 1.15. The van der Waals surface area contributed by atoms with Gasteiger partial charge >= 0.3 is 0 Å². The minimum absolute atomic E-state index is 0.139. The van der Waals surface area contributed by atoms with Gasteiger partial charge in [-0.1, -0.05) is 17.7 Å². The van der Waals surface area contributed by atoms with Crippen LogP contribution < -0.4 is 10.5 Å². The van der Waals surface area contributed by atoms with E-state index in [0.717, 1.165) is 5.56 Å². The van der Waals surface area contributed by atoms with Gasteiger partial charge in [0.25, 0.3) is 0 Å². The summed E-state index contributed by atoms with van der Waals surface area (Å²) in [6.07, 6.45) is 0. The SMILES string of the molecule is N#Cc1c(Cl)ccc2c1OC[C@H]2N. The van der Waals surface area contributed by atoms with Crippen LogP contribution in [-0.4, -0.2) is 6.61 Å². The van der Waals surface area contributed by atoms with Crippen LogP contribution in [0.25, 0.3) is 0 Å². The van der Waals surface area contributed by atoms with Crippen molar-refractivity contribution in [1.29, 1.82) is 5.26 Å². The number of halogens is 1. The van der Waals surface area contributed by atoms with Gasteiger partial charge in [-0.05, 0) is 6.07 Å². The molecule has 0 unspecified atom stereocenters. The van der Waals surface area contributed by atoms with Crippen LogP contribution in [0, 0.1) is 11.3 Å². The molecule has 2 rings (SSSR count). The van der Waals surface area contributed by atoms with E-state index in [4.69, 9.17) is 27.3 Å². The lowest BCUT2D eigenvalue weighted by atomic mass is 10.1. The summed E-state index contributed by atoms with van der Waals surface area (Å²) in [6, 6.07) is 5.34. The van der Waals surface area contributed by atoms with Gasteiger partial charge in [0, 0.05) is 5.56 Å². The molecule has 0 amide bonds. The Bertz CT molecular complexity index is 397. The van der Waals surface area contributed by atoms with Gasteiger partial charge in [0.15, 0.2) is 0 Å². The van der Waals surface area contributed by atoms with E-state index in [2.05, 4.69) is 0 Å². The molecule has 1 aromatic carbocycles. The van der Waals surface area contributed by atoms with Gasteiger partial charge in [-0.3, -0.25) is 0 Å². The molecule has 0 fully saturated rings. The van der Waals surface area contributed by atoms with Crippen molar-refractivity contribution in [3.8, 4) is 11.8 Å². The standard InChI is InChI=1S/C9H7ClN2O/c10-7-2-1-5-8(12)4-13-9(5)6(7)3-11/h1-2,8H,4,12H2/t8-/m1/s1. The molecule has 3 nitrogen and oxygen atoms in total. The first kappa shape index (κ1) is 8.36. The highest BCUT2D eigenvalue weighted by atomic mass is 35.5. The molecule has 2 N–H and O–H groups in total. The lowest BCUT2D eigenvalue weighted by Crippen LogP contribution is -2.10. The van der Waals surface area contributed by atoms with Gasteiger partial charge in [-0.15, -0.1) is 0 Å². The highest BCUT2D eigenvalue weighted by Crippen LogP contribution is 2.37. The molecule has 0 aliphatic carbocycles. The average molecular weight is 195 g/mol. The number of benzene rings is 1. The molecule has 1 aliphatic heterocycles. The molecule has 0 radical (unpaired) electrons. The maximum Gasteiger partial charge on any atom is 0.143 e. The molecule has 1 heterocycles. The van der Waals surface area contributed by atoms with Crippen LogP contribution in [0.4, 0.5) is 0 Å². The second-order valence-electron chi connectivity index (χ2n) is 2.87. The van der Waals surface area contributed by atoms with Gasteiger partial charge in [-0.2, -0.15) is 5.26 Å². The summed E-state index contributed by atoms with van der Waals surface area (Å²) in [5, 5.41) is 9.23. The number of fused-ring (bicyclic) bond motifs is 1. The summed E-state index contributed by atoms with van der Waals surface area (Å²) in [4.78, 5) is 0. The Morgan fingerprint density at radius 2 is 2.38 bits per heavy atom. The van der Waals surface area contributed by atoms with E-state index >= 15 is 0 Å². The molecule has 1 aliphatic rings. The minimum atomic E-state index is -0.139. The Hall–Kier alpha value is -1.24. The van der Waals surface area contributed by atoms with Gasteiger partial charge in [0.05, 0.1) is 11.1 Å². The number of rotatable bonds is 0. The maximum absolute atomic E-state index is 8.81. The van der Waals surface area contributed by atoms with Gasteiger partial charge in [0.1, 0.15) is 24.0 Å². The second kappa shape index (κ2) is 2.91. The summed E-state index contributed by atoms with van der Waals surface area (Å²) >= 11 is 5.81. The van der Waals surface area contributed by atoms with Gasteiger partial charge in [0.2, 0.25) is 0 Å². The predicted octanol–water partition coefficient (Wildman–Crippen LogP) is 1.60. The molecule has 1 atom stereocenters. The number of nitriles is 1. The Balaban J connectivity index is 2.66. The Labute approximate surface area is 80.7 Å². The quantitative estimate of drug-likeness (QED) is 0.683. The van der Waals surface area contributed by atoms with E-state index in [1.165, 1.54) is 0 Å². The molecule has 13 heavy (non-hydrogen) atoms. The lowest BCUT2D eigenvalue weighted by molar-refractivity contribution is 0.332. The molecule has 0 saturated carbocycles. The first-order valence-electron chi connectivity index (χ1n) is 3.85. The van der Waals surface area contributed by atoms with Crippen molar-refractivity contribution < 1.29 is 4.74 Å². The van der Waals surface area contributed by atoms with Gasteiger partial charge in [-0.25, -0.2) is 0 Å². The van der Waals surface area contributed by atoms with Crippen LogP contribution >= 0.6 is 11.6 Å². The number of hydrogen-bond acceptors (Lipinski definition) is 3. The fraction of sp³-hybridized carbons (Fsp3) is 0.222. The monoisotopic (exact) mass is 194 g/mol. The predicted molar refractivity (Wildman–Crippen MR) is 48.6 cm³/mol. The zero-order valence-electron chi connectivity index (χ0n) is 6.75. The summed E-state index contributed by atoms with van der Waals surface area (Å²) in [5.74, 6) is 0.544. The molecular formula is C9H7ClN2O. The molecule has 66 valence electrons. The lowest BCUT2D eigenvalue weighted by Gasteiger charge is -2.02. The topological polar surface area (TPSA) is 59.0 Å². The van der Waals surface area contributed by atoms with Crippen LogP contribution in [-0.2, 0) is 0 Å². The largest absolute Gasteiger partial charge is 0.490 e. The van der Waals surface area contributed by atoms with Crippen molar-refractivity contribution in [2.75, 3.05) is 6.61 Å². The average Bonchev–Trinajstić information content (AvgIpc) is 2.48. The summed E-state index contributed by atoms with van der Waals surface area (Å²) in [5.41, 5.74) is 6.99. The number of nitrogens with two attached hydrogens (primary N) is 1. The summed E-state index contributed by atoms with van der Waals surface area (Å²) in [7, 11) is 0. The van der Waals surface area contributed by atoms with E-state index in [1.54, 1.807) is 12.1 Å². The molecular weight excluding hydrogens is 188 g/mol. The van der Waals surface area contributed by atoms with Crippen LogP contribution in [0.3, 0.4) is 0 Å². The maximum atomic E-state index is 8.81. The highest BCUT2D eigenvalue weighted by molar-refractivity contribution is 6.32. The number of hydrogen-bond donors (Lipinski definition) is 1. The van der Waals surface area contributed by atoms with Gasteiger partial charge < -0.3 is 10.5 Å². The van der Waals surface area contributed by atoms with E-state index in [0.29, 0.717) is 22.9 Å². The van der Waals surface area contributed by atoms with Crippen LogP contribution in [0.15, 0.2) is 12.1 Å². The first-order valence-corrected chi connectivity index (χ1v) is 4.22. The van der Waals surface area contributed by atoms with Crippen molar-refractivity contribution in [2.24, 2.45) is 5.73 Å².